The quantitative estimate of drug-likeness (QED) is 0.743. The van der Waals surface area contributed by atoms with Gasteiger partial charge in [-0.15, -0.1) is 0 Å². The summed E-state index contributed by atoms with van der Waals surface area (Å²) >= 11 is 0. The lowest BCUT2D eigenvalue weighted by atomic mass is 10.4. The summed E-state index contributed by atoms with van der Waals surface area (Å²) in [7, 11) is 0. The molecule has 2 aromatic heterocycles. The molecule has 0 aliphatic carbocycles. The van der Waals surface area contributed by atoms with E-state index in [1.54, 1.807) is 24.5 Å². The summed E-state index contributed by atoms with van der Waals surface area (Å²) in [4.78, 5) is 11.6. The minimum Gasteiger partial charge on any atom is -0.505 e. The minimum atomic E-state index is 0.0466. The first-order valence-corrected chi connectivity index (χ1v) is 4.02. The van der Waals surface area contributed by atoms with Gasteiger partial charge in [-0.25, -0.2) is 9.97 Å². The van der Waals surface area contributed by atoms with Crippen LogP contribution in [0.25, 0.3) is 0 Å². The van der Waals surface area contributed by atoms with Crippen LogP contribution in [0.4, 0.5) is 11.6 Å². The van der Waals surface area contributed by atoms with Crippen LogP contribution in [-0.4, -0.2) is 20.1 Å². The molecule has 0 atom stereocenters. The van der Waals surface area contributed by atoms with Gasteiger partial charge in [-0.1, -0.05) is 0 Å². The number of hydrogen-bond donors (Lipinski definition) is 2. The molecule has 0 aliphatic rings. The highest BCUT2D eigenvalue weighted by molar-refractivity contribution is 5.51. The normalized spacial score (nSPS) is 9.71. The predicted molar refractivity (Wildman–Crippen MR) is 51.2 cm³/mol. The van der Waals surface area contributed by atoms with Gasteiger partial charge in [0.15, 0.2) is 5.75 Å². The van der Waals surface area contributed by atoms with Crippen molar-refractivity contribution in [3.05, 3.63) is 36.9 Å². The van der Waals surface area contributed by atoms with Crippen molar-refractivity contribution in [1.82, 2.24) is 15.0 Å². The Morgan fingerprint density at radius 3 is 2.36 bits per heavy atom. The molecule has 5 heteroatoms. The number of nitrogens with one attached hydrogen (secondary N) is 1. The zero-order valence-corrected chi connectivity index (χ0v) is 7.25. The zero-order valence-electron chi connectivity index (χ0n) is 7.25. The van der Waals surface area contributed by atoms with E-state index in [9.17, 15) is 0 Å². The van der Waals surface area contributed by atoms with E-state index in [-0.39, 0.29) is 5.75 Å². The van der Waals surface area contributed by atoms with Crippen molar-refractivity contribution < 1.29 is 5.11 Å². The minimum absolute atomic E-state index is 0.0466. The number of anilines is 2. The first kappa shape index (κ1) is 8.43. The Bertz CT molecular complexity index is 401. The second-order valence-corrected chi connectivity index (χ2v) is 2.63. The van der Waals surface area contributed by atoms with Gasteiger partial charge >= 0.3 is 0 Å². The van der Waals surface area contributed by atoms with E-state index in [2.05, 4.69) is 20.3 Å². The Morgan fingerprint density at radius 1 is 1.07 bits per heavy atom. The third-order valence-corrected chi connectivity index (χ3v) is 1.57. The van der Waals surface area contributed by atoms with Gasteiger partial charge in [-0.05, 0) is 12.1 Å². The van der Waals surface area contributed by atoms with Crippen LogP contribution >= 0.6 is 0 Å². The van der Waals surface area contributed by atoms with Gasteiger partial charge in [0, 0.05) is 18.1 Å². The monoisotopic (exact) mass is 188 g/mol. The lowest BCUT2D eigenvalue weighted by Crippen LogP contribution is -1.95. The van der Waals surface area contributed by atoms with E-state index in [0.717, 1.165) is 5.69 Å². The second kappa shape index (κ2) is 3.69. The van der Waals surface area contributed by atoms with Crippen molar-refractivity contribution in [1.29, 1.82) is 0 Å². The molecular weight excluding hydrogens is 180 g/mol. The maximum absolute atomic E-state index is 8.96. The molecule has 0 aliphatic heterocycles. The molecule has 5 nitrogen and oxygen atoms in total. The molecule has 0 saturated carbocycles. The highest BCUT2D eigenvalue weighted by Crippen LogP contribution is 2.11. The van der Waals surface area contributed by atoms with E-state index >= 15 is 0 Å². The molecule has 2 N–H and O–H groups in total. The van der Waals surface area contributed by atoms with Crippen molar-refractivity contribution in [3.63, 3.8) is 0 Å². The third-order valence-electron chi connectivity index (χ3n) is 1.57. The summed E-state index contributed by atoms with van der Waals surface area (Å²) < 4.78 is 0. The summed E-state index contributed by atoms with van der Waals surface area (Å²) in [6.07, 6.45) is 6.00. The standard InChI is InChI=1S/C9H8N4O/c14-8-5-11-9(12-6-8)13-7-1-3-10-4-2-7/h1-6,14H,(H,10,11,12,13). The molecule has 14 heavy (non-hydrogen) atoms. The van der Waals surface area contributed by atoms with E-state index in [1.165, 1.54) is 12.4 Å². The number of hydrogen-bond acceptors (Lipinski definition) is 5. The van der Waals surface area contributed by atoms with Crippen LogP contribution in [0.2, 0.25) is 0 Å². The maximum atomic E-state index is 8.96. The average molecular weight is 188 g/mol. The van der Waals surface area contributed by atoms with Crippen molar-refractivity contribution in [2.45, 2.75) is 0 Å². The van der Waals surface area contributed by atoms with Gasteiger partial charge in [-0.3, -0.25) is 4.98 Å². The number of pyridine rings is 1. The largest absolute Gasteiger partial charge is 0.505 e. The van der Waals surface area contributed by atoms with Gasteiger partial charge in [0.25, 0.3) is 0 Å². The lowest BCUT2D eigenvalue weighted by Gasteiger charge is -2.02. The van der Waals surface area contributed by atoms with E-state index in [0.29, 0.717) is 5.95 Å². The number of rotatable bonds is 2. The van der Waals surface area contributed by atoms with Crippen LogP contribution in [0, 0.1) is 0 Å². The highest BCUT2D eigenvalue weighted by Gasteiger charge is 1.96. The summed E-state index contributed by atoms with van der Waals surface area (Å²) in [6.45, 7) is 0. The fourth-order valence-corrected chi connectivity index (χ4v) is 0.950. The first-order chi connectivity index (χ1) is 6.84. The van der Waals surface area contributed by atoms with Crippen molar-refractivity contribution in [2.75, 3.05) is 5.32 Å². The Morgan fingerprint density at radius 2 is 1.71 bits per heavy atom. The molecule has 0 aromatic carbocycles. The van der Waals surface area contributed by atoms with Gasteiger partial charge in [0.1, 0.15) is 0 Å². The Kier molecular flexibility index (Phi) is 2.22. The van der Waals surface area contributed by atoms with Gasteiger partial charge in [0.2, 0.25) is 5.95 Å². The molecule has 2 rings (SSSR count). The van der Waals surface area contributed by atoms with Crippen LogP contribution in [-0.2, 0) is 0 Å². The third kappa shape index (κ3) is 1.95. The molecular formula is C9H8N4O. The Balaban J connectivity index is 2.16. The van der Waals surface area contributed by atoms with Crippen LogP contribution < -0.4 is 5.32 Å². The average Bonchev–Trinajstić information content (AvgIpc) is 2.23. The lowest BCUT2D eigenvalue weighted by molar-refractivity contribution is 0.470. The molecule has 0 radical (unpaired) electrons. The SMILES string of the molecule is Oc1cnc(Nc2ccncc2)nc1. The molecule has 0 spiro atoms. The molecule has 70 valence electrons. The summed E-state index contributed by atoms with van der Waals surface area (Å²) in [5, 5.41) is 11.9. The van der Waals surface area contributed by atoms with Crippen LogP contribution in [0.15, 0.2) is 36.9 Å². The fraction of sp³-hybridized carbons (Fsp3) is 0. The summed E-state index contributed by atoms with van der Waals surface area (Å²) in [5.74, 6) is 0.485. The molecule has 0 unspecified atom stereocenters. The van der Waals surface area contributed by atoms with Gasteiger partial charge in [-0.2, -0.15) is 0 Å². The smallest absolute Gasteiger partial charge is 0.227 e. The van der Waals surface area contributed by atoms with E-state index in [1.807, 2.05) is 0 Å². The van der Waals surface area contributed by atoms with Crippen molar-refractivity contribution in [2.24, 2.45) is 0 Å². The molecule has 0 bridgehead atoms. The number of aromatic nitrogens is 3. The number of aromatic hydroxyl groups is 1. The van der Waals surface area contributed by atoms with Gasteiger partial charge < -0.3 is 10.4 Å². The van der Waals surface area contributed by atoms with Crippen LogP contribution in [0.1, 0.15) is 0 Å². The van der Waals surface area contributed by atoms with Crippen LogP contribution in [0.3, 0.4) is 0 Å². The molecule has 0 fully saturated rings. The summed E-state index contributed by atoms with van der Waals surface area (Å²) in [6, 6.07) is 3.60. The van der Waals surface area contributed by atoms with Crippen molar-refractivity contribution >= 4 is 11.6 Å². The number of nitrogens with zero attached hydrogens (tertiary/aromatic N) is 3. The van der Waals surface area contributed by atoms with Crippen molar-refractivity contribution in [3.8, 4) is 5.75 Å². The predicted octanol–water partition coefficient (Wildman–Crippen LogP) is 1.32. The summed E-state index contributed by atoms with van der Waals surface area (Å²) in [5.41, 5.74) is 0.852. The topological polar surface area (TPSA) is 70.9 Å². The first-order valence-electron chi connectivity index (χ1n) is 4.02. The van der Waals surface area contributed by atoms with Gasteiger partial charge in [0.05, 0.1) is 12.4 Å². The Hall–Kier alpha value is -2.17. The molecule has 2 heterocycles. The van der Waals surface area contributed by atoms with E-state index < -0.39 is 0 Å². The van der Waals surface area contributed by atoms with Crippen LogP contribution in [0.5, 0.6) is 5.75 Å². The molecule has 0 amide bonds. The fourth-order valence-electron chi connectivity index (χ4n) is 0.950. The zero-order chi connectivity index (χ0) is 9.80. The maximum Gasteiger partial charge on any atom is 0.227 e. The Labute approximate surface area is 80.5 Å². The molecule has 0 saturated heterocycles. The molecule has 2 aromatic rings. The second-order valence-electron chi connectivity index (χ2n) is 2.63. The highest BCUT2D eigenvalue weighted by atomic mass is 16.3. The van der Waals surface area contributed by atoms with E-state index in [4.69, 9.17) is 5.11 Å².